The molecule has 0 spiro atoms. The molecule has 1 saturated carbocycles. The summed E-state index contributed by atoms with van der Waals surface area (Å²) in [5.74, 6) is -0.835. The van der Waals surface area contributed by atoms with E-state index in [-0.39, 0.29) is 23.4 Å². The molecule has 1 aliphatic carbocycles. The second kappa shape index (κ2) is 8.90. The number of benzene rings is 1. The van der Waals surface area contributed by atoms with E-state index in [0.29, 0.717) is 41.8 Å². The molecule has 0 radical (unpaired) electrons. The van der Waals surface area contributed by atoms with Crippen molar-refractivity contribution >= 4 is 22.8 Å². The predicted octanol–water partition coefficient (Wildman–Crippen LogP) is 2.16. The first-order valence-electron chi connectivity index (χ1n) is 10.4. The Hall–Kier alpha value is -2.83. The first-order chi connectivity index (χ1) is 14.2. The number of carboxylic acid groups (broad SMARTS) is 1. The summed E-state index contributed by atoms with van der Waals surface area (Å²) >= 11 is 0. The third kappa shape index (κ3) is 4.50. The van der Waals surface area contributed by atoms with Crippen molar-refractivity contribution < 1.29 is 23.8 Å². The van der Waals surface area contributed by atoms with E-state index in [0.717, 1.165) is 23.8 Å². The lowest BCUT2D eigenvalue weighted by Gasteiger charge is -2.29. The molecule has 1 amide bonds. The molecular weight excluding hydrogens is 386 g/mol. The fourth-order valence-corrected chi connectivity index (χ4v) is 3.99. The number of amides is 1. The maximum Gasteiger partial charge on any atom is 0.339 e. The average Bonchev–Trinajstić information content (AvgIpc) is 2.73. The SMILES string of the molecule is Cc1c(C)c2ccc(O[C@@H](C)C(=O)NCC3CCC(C(=O)[O-])CC3)c(C)c2oc1=O. The van der Waals surface area contributed by atoms with Crippen LogP contribution < -0.4 is 20.8 Å². The van der Waals surface area contributed by atoms with Crippen molar-refractivity contribution in [3.8, 4) is 5.75 Å². The zero-order valence-electron chi connectivity index (χ0n) is 17.9. The lowest BCUT2D eigenvalue weighted by molar-refractivity contribution is -0.312. The number of rotatable bonds is 6. The normalized spacial score (nSPS) is 20.0. The maximum atomic E-state index is 12.5. The van der Waals surface area contributed by atoms with Crippen LogP contribution in [0.15, 0.2) is 21.3 Å². The highest BCUT2D eigenvalue weighted by atomic mass is 16.5. The van der Waals surface area contributed by atoms with E-state index < -0.39 is 12.1 Å². The van der Waals surface area contributed by atoms with Crippen LogP contribution in [0.25, 0.3) is 11.0 Å². The van der Waals surface area contributed by atoms with Gasteiger partial charge in [-0.25, -0.2) is 4.79 Å². The summed E-state index contributed by atoms with van der Waals surface area (Å²) in [4.78, 5) is 35.4. The molecule has 1 aromatic carbocycles. The highest BCUT2D eigenvalue weighted by molar-refractivity contribution is 5.86. The van der Waals surface area contributed by atoms with E-state index >= 15 is 0 Å². The van der Waals surface area contributed by atoms with Crippen molar-refractivity contribution in [2.45, 2.75) is 59.5 Å². The van der Waals surface area contributed by atoms with Crippen LogP contribution in [-0.4, -0.2) is 24.5 Å². The summed E-state index contributed by atoms with van der Waals surface area (Å²) < 4.78 is 11.3. The van der Waals surface area contributed by atoms with Crippen LogP contribution in [0, 0.1) is 32.6 Å². The largest absolute Gasteiger partial charge is 0.550 e. The molecule has 1 aliphatic rings. The van der Waals surface area contributed by atoms with Gasteiger partial charge in [0.25, 0.3) is 5.91 Å². The molecule has 1 aromatic heterocycles. The molecule has 0 unspecified atom stereocenters. The Morgan fingerprint density at radius 3 is 2.43 bits per heavy atom. The van der Waals surface area contributed by atoms with E-state index in [9.17, 15) is 19.5 Å². The minimum atomic E-state index is -0.980. The lowest BCUT2D eigenvalue weighted by Crippen LogP contribution is -2.40. The van der Waals surface area contributed by atoms with Gasteiger partial charge in [0.2, 0.25) is 0 Å². The zero-order valence-corrected chi connectivity index (χ0v) is 17.9. The van der Waals surface area contributed by atoms with Gasteiger partial charge in [0, 0.05) is 29.0 Å². The van der Waals surface area contributed by atoms with Crippen molar-refractivity contribution in [2.75, 3.05) is 6.54 Å². The summed E-state index contributed by atoms with van der Waals surface area (Å²) in [5.41, 5.74) is 2.22. The summed E-state index contributed by atoms with van der Waals surface area (Å²) in [7, 11) is 0. The maximum absolute atomic E-state index is 12.5. The summed E-state index contributed by atoms with van der Waals surface area (Å²) in [6.07, 6.45) is 1.98. The third-order valence-corrected chi connectivity index (χ3v) is 6.24. The quantitative estimate of drug-likeness (QED) is 0.726. The van der Waals surface area contributed by atoms with E-state index in [1.54, 1.807) is 26.8 Å². The van der Waals surface area contributed by atoms with Crippen LogP contribution in [0.4, 0.5) is 0 Å². The van der Waals surface area contributed by atoms with Gasteiger partial charge in [0.05, 0.1) is 0 Å². The number of carbonyl (C=O) groups is 2. The Kier molecular flexibility index (Phi) is 6.48. The van der Waals surface area contributed by atoms with Crippen LogP contribution in [0.2, 0.25) is 0 Å². The topological polar surface area (TPSA) is 109 Å². The third-order valence-electron chi connectivity index (χ3n) is 6.24. The van der Waals surface area contributed by atoms with Crippen LogP contribution in [0.5, 0.6) is 5.75 Å². The van der Waals surface area contributed by atoms with Crippen molar-refractivity contribution in [1.82, 2.24) is 5.32 Å². The van der Waals surface area contributed by atoms with Gasteiger partial charge in [-0.15, -0.1) is 0 Å². The molecule has 1 N–H and O–H groups in total. The molecule has 3 rings (SSSR count). The number of carbonyl (C=O) groups excluding carboxylic acids is 2. The van der Waals surface area contributed by atoms with Gasteiger partial charge >= 0.3 is 5.63 Å². The molecule has 7 heteroatoms. The zero-order chi connectivity index (χ0) is 22.0. The standard InChI is InChI=1S/C23H29NO6/c1-12-13(2)23(28)30-20-14(3)19(10-9-18(12)20)29-15(4)21(25)24-11-16-5-7-17(8-6-16)22(26)27/h9-10,15-17H,5-8,11H2,1-4H3,(H,24,25)(H,26,27)/p-1/t15-,16?,17?/m0/s1. The van der Waals surface area contributed by atoms with Crippen molar-refractivity contribution in [3.05, 3.63) is 39.2 Å². The van der Waals surface area contributed by atoms with E-state index in [4.69, 9.17) is 9.15 Å². The second-order valence-corrected chi connectivity index (χ2v) is 8.25. The van der Waals surface area contributed by atoms with Gasteiger partial charge in [0.1, 0.15) is 11.3 Å². The molecule has 1 heterocycles. The van der Waals surface area contributed by atoms with Crippen LogP contribution in [0.3, 0.4) is 0 Å². The van der Waals surface area contributed by atoms with Gasteiger partial charge in [-0.2, -0.15) is 0 Å². The molecule has 0 aliphatic heterocycles. The Morgan fingerprint density at radius 1 is 1.13 bits per heavy atom. The van der Waals surface area contributed by atoms with Crippen molar-refractivity contribution in [2.24, 2.45) is 11.8 Å². The first-order valence-corrected chi connectivity index (χ1v) is 10.4. The summed E-state index contributed by atoms with van der Waals surface area (Å²) in [6.45, 7) is 7.58. The van der Waals surface area contributed by atoms with Crippen LogP contribution in [-0.2, 0) is 9.59 Å². The highest BCUT2D eigenvalue weighted by Crippen LogP contribution is 2.30. The molecule has 30 heavy (non-hydrogen) atoms. The van der Waals surface area contributed by atoms with Crippen LogP contribution >= 0.6 is 0 Å². The molecule has 0 saturated heterocycles. The van der Waals surface area contributed by atoms with Crippen molar-refractivity contribution in [3.63, 3.8) is 0 Å². The smallest absolute Gasteiger partial charge is 0.339 e. The number of fused-ring (bicyclic) bond motifs is 1. The molecule has 0 bridgehead atoms. The fourth-order valence-electron chi connectivity index (χ4n) is 3.99. The van der Waals surface area contributed by atoms with Gasteiger partial charge in [-0.05, 0) is 82.9 Å². The van der Waals surface area contributed by atoms with E-state index in [1.165, 1.54) is 0 Å². The molecule has 162 valence electrons. The molecular formula is C23H28NO6-. The van der Waals surface area contributed by atoms with Gasteiger partial charge in [0.15, 0.2) is 6.10 Å². The van der Waals surface area contributed by atoms with Gasteiger partial charge in [-0.1, -0.05) is 0 Å². The fraction of sp³-hybridized carbons (Fsp3) is 0.522. The number of hydrogen-bond acceptors (Lipinski definition) is 6. The van der Waals surface area contributed by atoms with Gasteiger partial charge in [-0.3, -0.25) is 4.79 Å². The first kappa shape index (κ1) is 21.9. The molecule has 1 fully saturated rings. The van der Waals surface area contributed by atoms with E-state index in [2.05, 4.69) is 5.32 Å². The second-order valence-electron chi connectivity index (χ2n) is 8.25. The lowest BCUT2D eigenvalue weighted by atomic mass is 9.82. The van der Waals surface area contributed by atoms with Gasteiger partial charge < -0.3 is 24.4 Å². The number of hydrogen-bond donors (Lipinski definition) is 1. The average molecular weight is 414 g/mol. The Balaban J connectivity index is 1.62. The molecule has 7 nitrogen and oxygen atoms in total. The number of ether oxygens (including phenoxy) is 1. The Morgan fingerprint density at radius 2 is 1.80 bits per heavy atom. The molecule has 2 aromatic rings. The van der Waals surface area contributed by atoms with Crippen molar-refractivity contribution in [1.29, 1.82) is 0 Å². The molecule has 1 atom stereocenters. The monoisotopic (exact) mass is 414 g/mol. The van der Waals surface area contributed by atoms with Crippen LogP contribution in [0.1, 0.15) is 49.3 Å². The minimum Gasteiger partial charge on any atom is -0.550 e. The Bertz CT molecular complexity index is 1020. The number of aryl methyl sites for hydroxylation is 2. The minimum absolute atomic E-state index is 0.238. The predicted molar refractivity (Wildman–Crippen MR) is 110 cm³/mol. The summed E-state index contributed by atoms with van der Waals surface area (Å²) in [6, 6.07) is 3.62. The summed E-state index contributed by atoms with van der Waals surface area (Å²) in [5, 5.41) is 14.7. The highest BCUT2D eigenvalue weighted by Gasteiger charge is 2.24. The number of aliphatic carboxylic acids is 1. The number of carboxylic acids is 1. The van der Waals surface area contributed by atoms with E-state index in [1.807, 2.05) is 13.0 Å². The number of nitrogens with one attached hydrogen (secondary N) is 1. The Labute approximate surface area is 175 Å².